The van der Waals surface area contributed by atoms with Gasteiger partial charge in [-0.1, -0.05) is 12.1 Å². The van der Waals surface area contributed by atoms with E-state index in [2.05, 4.69) is 0 Å². The molecular weight excluding hydrogens is 454 g/mol. The molecule has 1 amide bonds. The molecule has 0 bridgehead atoms. The Morgan fingerprint density at radius 2 is 1.53 bits per heavy atom. The molecule has 0 aliphatic rings. The van der Waals surface area contributed by atoms with Gasteiger partial charge in [-0.25, -0.2) is 21.2 Å². The highest BCUT2D eigenvalue weighted by atomic mass is 32.2. The maximum absolute atomic E-state index is 14.3. The summed E-state index contributed by atoms with van der Waals surface area (Å²) in [7, 11) is -8.49. The number of hydrogen-bond acceptors (Lipinski definition) is 6. The lowest BCUT2D eigenvalue weighted by Crippen LogP contribution is -2.52. The van der Waals surface area contributed by atoms with Crippen molar-refractivity contribution < 1.29 is 44.3 Å². The molecule has 0 saturated carbocycles. The highest BCUT2D eigenvalue weighted by molar-refractivity contribution is 7.94. The fraction of sp³-hybridized carbons (Fsp3) is 0.235. The summed E-state index contributed by atoms with van der Waals surface area (Å²) in [6.45, 7) is 0.168. The molecule has 13 heteroatoms. The van der Waals surface area contributed by atoms with Crippen LogP contribution in [-0.2, 0) is 24.5 Å². The van der Waals surface area contributed by atoms with Gasteiger partial charge in [-0.05, 0) is 37.3 Å². The van der Waals surface area contributed by atoms with E-state index < -0.39 is 63.6 Å². The molecule has 0 unspecified atom stereocenters. The van der Waals surface area contributed by atoms with E-state index in [1.54, 1.807) is 0 Å². The van der Waals surface area contributed by atoms with Crippen LogP contribution in [0.15, 0.2) is 57.2 Å². The van der Waals surface area contributed by atoms with Gasteiger partial charge in [0.05, 0.1) is 20.4 Å². The number of carbonyl (C=O) groups excluding carboxylic acids is 1. The summed E-state index contributed by atoms with van der Waals surface area (Å²) < 4.78 is 102. The Morgan fingerprint density at radius 1 is 1.00 bits per heavy atom. The van der Waals surface area contributed by atoms with Crippen molar-refractivity contribution in [1.29, 1.82) is 0 Å². The highest BCUT2D eigenvalue weighted by Crippen LogP contribution is 2.32. The average molecular weight is 469 g/mol. The normalized spacial score (nSPS) is 14.8. The van der Waals surface area contributed by atoms with Crippen molar-refractivity contribution in [2.45, 2.75) is 33.4 Å². The fourth-order valence-electron chi connectivity index (χ4n) is 2.24. The number of aliphatic hydroxyl groups is 1. The zero-order valence-corrected chi connectivity index (χ0v) is 17.0. The molecule has 0 spiro atoms. The predicted molar refractivity (Wildman–Crippen MR) is 96.7 cm³/mol. The van der Waals surface area contributed by atoms with Crippen LogP contribution < -0.4 is 5.32 Å². The summed E-state index contributed by atoms with van der Waals surface area (Å²) in [6.07, 6.45) is -4.56. The molecule has 2 aromatic rings. The second-order valence-corrected chi connectivity index (χ2v) is 10.3. The number of halogens is 4. The molecule has 0 radical (unpaired) electrons. The Hall–Kier alpha value is -2.51. The first-order chi connectivity index (χ1) is 13.5. The van der Waals surface area contributed by atoms with E-state index in [1.165, 1.54) is 17.4 Å². The molecule has 0 heterocycles. The Kier molecular flexibility index (Phi) is 6.05. The summed E-state index contributed by atoms with van der Waals surface area (Å²) in [5, 5.41) is 10.8. The van der Waals surface area contributed by atoms with E-state index in [-0.39, 0.29) is 6.92 Å². The third kappa shape index (κ3) is 4.47. The summed E-state index contributed by atoms with van der Waals surface area (Å²) >= 11 is 0. The zero-order valence-electron chi connectivity index (χ0n) is 15.4. The molecule has 2 aromatic carbocycles. The minimum Gasteiger partial charge on any atom is -0.373 e. The molecule has 0 fully saturated rings. The smallest absolute Gasteiger partial charge is 0.373 e. The van der Waals surface area contributed by atoms with Crippen LogP contribution in [0, 0.1) is 5.82 Å². The number of sulfone groups is 2. The van der Waals surface area contributed by atoms with Crippen molar-refractivity contribution in [2.75, 3.05) is 11.6 Å². The predicted octanol–water partition coefficient (Wildman–Crippen LogP) is 2.31. The first-order valence-electron chi connectivity index (χ1n) is 7.94. The SMILES string of the molecule is C[C@@](O)(C(=O)Nc1ccc(S(=O)(=O)c2ccccc2S(C)(=O)=O)cc1F)C(F)(F)F. The molecular formula is C17H15F4NO6S2. The lowest BCUT2D eigenvalue weighted by molar-refractivity contribution is -0.242. The van der Waals surface area contributed by atoms with Gasteiger partial charge in [0.1, 0.15) is 5.82 Å². The van der Waals surface area contributed by atoms with Gasteiger partial charge in [0, 0.05) is 6.26 Å². The van der Waals surface area contributed by atoms with Crippen LogP contribution in [0.4, 0.5) is 23.2 Å². The fourth-order valence-corrected chi connectivity index (χ4v) is 5.14. The second-order valence-electron chi connectivity index (χ2n) is 6.39. The summed E-state index contributed by atoms with van der Waals surface area (Å²) in [5.74, 6) is -3.40. The van der Waals surface area contributed by atoms with Crippen LogP contribution in [0.25, 0.3) is 0 Å². The van der Waals surface area contributed by atoms with Gasteiger partial charge in [0.15, 0.2) is 9.84 Å². The van der Waals surface area contributed by atoms with Crippen molar-refractivity contribution in [3.63, 3.8) is 0 Å². The molecule has 1 atom stereocenters. The number of benzene rings is 2. The second kappa shape index (κ2) is 7.63. The van der Waals surface area contributed by atoms with Gasteiger partial charge in [0.2, 0.25) is 15.4 Å². The van der Waals surface area contributed by atoms with Crippen molar-refractivity contribution in [1.82, 2.24) is 0 Å². The standard InChI is InChI=1S/C17H15F4NO6S2/c1-16(24,17(19,20)21)15(23)22-12-8-7-10(9-11(12)18)30(27,28)14-6-4-3-5-13(14)29(2,25)26/h3-9,24H,1-2H3,(H,22,23)/t16-/m1/s1. The first-order valence-corrected chi connectivity index (χ1v) is 11.3. The Morgan fingerprint density at radius 3 is 2.00 bits per heavy atom. The summed E-state index contributed by atoms with van der Waals surface area (Å²) in [5.41, 5.74) is -4.64. The molecule has 0 saturated heterocycles. The van der Waals surface area contributed by atoms with Gasteiger partial charge >= 0.3 is 6.18 Å². The van der Waals surface area contributed by atoms with E-state index in [9.17, 15) is 44.3 Å². The van der Waals surface area contributed by atoms with E-state index in [0.717, 1.165) is 24.5 Å². The van der Waals surface area contributed by atoms with Crippen LogP contribution in [0.2, 0.25) is 0 Å². The average Bonchev–Trinajstić information content (AvgIpc) is 2.61. The maximum atomic E-state index is 14.3. The van der Waals surface area contributed by atoms with E-state index in [1.807, 2.05) is 0 Å². The molecule has 30 heavy (non-hydrogen) atoms. The zero-order chi connectivity index (χ0) is 23.1. The Balaban J connectivity index is 2.47. The van der Waals surface area contributed by atoms with Crippen LogP contribution in [-0.4, -0.2) is 45.9 Å². The van der Waals surface area contributed by atoms with Crippen molar-refractivity contribution >= 4 is 31.3 Å². The van der Waals surface area contributed by atoms with E-state index in [0.29, 0.717) is 12.1 Å². The topological polar surface area (TPSA) is 118 Å². The summed E-state index contributed by atoms with van der Waals surface area (Å²) in [4.78, 5) is 9.82. The van der Waals surface area contributed by atoms with Crippen LogP contribution >= 0.6 is 0 Å². The number of nitrogens with one attached hydrogen (secondary N) is 1. The third-order valence-corrected chi connectivity index (χ3v) is 7.13. The Bertz CT molecular complexity index is 1200. The lowest BCUT2D eigenvalue weighted by Gasteiger charge is -2.25. The molecule has 0 aliphatic heterocycles. The van der Waals surface area contributed by atoms with Crippen molar-refractivity contribution in [3.05, 3.63) is 48.3 Å². The monoisotopic (exact) mass is 469 g/mol. The molecule has 0 aromatic heterocycles. The number of anilines is 1. The minimum atomic E-state index is -5.34. The quantitative estimate of drug-likeness (QED) is 0.649. The maximum Gasteiger partial charge on any atom is 0.426 e. The third-order valence-electron chi connectivity index (χ3n) is 4.03. The van der Waals surface area contributed by atoms with E-state index >= 15 is 0 Å². The van der Waals surface area contributed by atoms with Crippen LogP contribution in [0.3, 0.4) is 0 Å². The Labute approximate surface area is 169 Å². The number of alkyl halides is 3. The number of rotatable bonds is 5. The molecule has 2 N–H and O–H groups in total. The molecule has 7 nitrogen and oxygen atoms in total. The molecule has 164 valence electrons. The van der Waals surface area contributed by atoms with Crippen molar-refractivity contribution in [2.24, 2.45) is 0 Å². The molecule has 2 rings (SSSR count). The van der Waals surface area contributed by atoms with E-state index in [4.69, 9.17) is 0 Å². The lowest BCUT2D eigenvalue weighted by atomic mass is 10.1. The van der Waals surface area contributed by atoms with Gasteiger partial charge in [-0.15, -0.1) is 0 Å². The molecule has 0 aliphatic carbocycles. The number of hydrogen-bond donors (Lipinski definition) is 2. The number of carbonyl (C=O) groups is 1. The first kappa shape index (κ1) is 23.8. The van der Waals surface area contributed by atoms with Gasteiger partial charge in [0.25, 0.3) is 5.91 Å². The number of amides is 1. The van der Waals surface area contributed by atoms with Crippen molar-refractivity contribution in [3.8, 4) is 0 Å². The van der Waals surface area contributed by atoms with Gasteiger partial charge in [-0.3, -0.25) is 4.79 Å². The highest BCUT2D eigenvalue weighted by Gasteiger charge is 2.55. The van der Waals surface area contributed by atoms with Gasteiger partial charge < -0.3 is 10.4 Å². The minimum absolute atomic E-state index is 0.168. The van der Waals surface area contributed by atoms with Crippen LogP contribution in [0.1, 0.15) is 6.92 Å². The largest absolute Gasteiger partial charge is 0.426 e. The van der Waals surface area contributed by atoms with Gasteiger partial charge in [-0.2, -0.15) is 13.2 Å². The summed E-state index contributed by atoms with van der Waals surface area (Å²) in [6, 6.07) is 6.45. The van der Waals surface area contributed by atoms with Crippen LogP contribution in [0.5, 0.6) is 0 Å².